The zero-order chi connectivity index (χ0) is 13.2. The second-order valence-corrected chi connectivity index (χ2v) is 5.44. The Hall–Kier alpha value is -0.750. The lowest BCUT2D eigenvalue weighted by Gasteiger charge is -2.13. The third-order valence-electron chi connectivity index (χ3n) is 2.81. The van der Waals surface area contributed by atoms with Crippen molar-refractivity contribution in [3.8, 4) is 0 Å². The van der Waals surface area contributed by atoms with E-state index in [0.29, 0.717) is 17.7 Å². The van der Waals surface area contributed by atoms with Gasteiger partial charge in [0, 0.05) is 18.3 Å². The maximum atomic E-state index is 13.1. The topological polar surface area (TPSA) is 12.0 Å². The summed E-state index contributed by atoms with van der Waals surface area (Å²) in [5.74, 6) is 1.18. The predicted octanol–water partition coefficient (Wildman–Crippen LogP) is 3.44. The molecule has 1 fully saturated rings. The van der Waals surface area contributed by atoms with Crippen molar-refractivity contribution in [1.29, 1.82) is 0 Å². The Morgan fingerprint density at radius 1 is 1.28 bits per heavy atom. The van der Waals surface area contributed by atoms with Gasteiger partial charge in [-0.15, -0.1) is 0 Å². The lowest BCUT2D eigenvalue weighted by molar-refractivity contribution is -0.137. The second-order valence-electron chi connectivity index (χ2n) is 4.29. The molecule has 1 unspecified atom stereocenters. The Kier molecular flexibility index (Phi) is 4.17. The SMILES string of the molecule is Fc1cc(CNC2CCSC2)cc(C(F)(F)F)c1. The average Bonchev–Trinajstić information content (AvgIpc) is 2.77. The van der Waals surface area contributed by atoms with E-state index in [-0.39, 0.29) is 6.54 Å². The quantitative estimate of drug-likeness (QED) is 0.851. The van der Waals surface area contributed by atoms with Crippen molar-refractivity contribution < 1.29 is 17.6 Å². The molecule has 1 atom stereocenters. The highest BCUT2D eigenvalue weighted by Gasteiger charge is 2.31. The number of hydrogen-bond donors (Lipinski definition) is 1. The van der Waals surface area contributed by atoms with Crippen molar-refractivity contribution in [3.63, 3.8) is 0 Å². The van der Waals surface area contributed by atoms with E-state index in [2.05, 4.69) is 5.32 Å². The second kappa shape index (κ2) is 5.48. The zero-order valence-corrected chi connectivity index (χ0v) is 10.4. The summed E-state index contributed by atoms with van der Waals surface area (Å²) < 4.78 is 50.6. The third-order valence-corrected chi connectivity index (χ3v) is 3.97. The Morgan fingerprint density at radius 3 is 2.67 bits per heavy atom. The molecule has 1 heterocycles. The van der Waals surface area contributed by atoms with Gasteiger partial charge in [-0.25, -0.2) is 4.39 Å². The number of nitrogens with one attached hydrogen (secondary N) is 1. The van der Waals surface area contributed by atoms with E-state index < -0.39 is 17.6 Å². The summed E-state index contributed by atoms with van der Waals surface area (Å²) in [6.45, 7) is 0.270. The van der Waals surface area contributed by atoms with Crippen LogP contribution in [0.1, 0.15) is 17.5 Å². The van der Waals surface area contributed by atoms with Gasteiger partial charge < -0.3 is 5.32 Å². The smallest absolute Gasteiger partial charge is 0.309 e. The highest BCUT2D eigenvalue weighted by Crippen LogP contribution is 2.30. The maximum Gasteiger partial charge on any atom is 0.416 e. The molecule has 1 nitrogen and oxygen atoms in total. The van der Waals surface area contributed by atoms with Gasteiger partial charge in [-0.05, 0) is 35.9 Å². The van der Waals surface area contributed by atoms with Crippen LogP contribution in [0.4, 0.5) is 17.6 Å². The molecule has 1 N–H and O–H groups in total. The first-order chi connectivity index (χ1) is 8.45. The van der Waals surface area contributed by atoms with Gasteiger partial charge in [-0.2, -0.15) is 24.9 Å². The molecule has 1 aromatic carbocycles. The monoisotopic (exact) mass is 279 g/mol. The molecular weight excluding hydrogens is 266 g/mol. The minimum Gasteiger partial charge on any atom is -0.309 e. The van der Waals surface area contributed by atoms with Gasteiger partial charge in [-0.1, -0.05) is 0 Å². The molecule has 1 aliphatic heterocycles. The molecule has 100 valence electrons. The third kappa shape index (κ3) is 3.62. The first kappa shape index (κ1) is 13.7. The summed E-state index contributed by atoms with van der Waals surface area (Å²) in [5, 5.41) is 3.15. The summed E-state index contributed by atoms with van der Waals surface area (Å²) in [7, 11) is 0. The molecular formula is C12H13F4NS. The molecule has 0 bridgehead atoms. The van der Waals surface area contributed by atoms with Crippen molar-refractivity contribution in [2.75, 3.05) is 11.5 Å². The molecule has 1 aromatic rings. The Bertz CT molecular complexity index is 413. The molecule has 0 aromatic heterocycles. The summed E-state index contributed by atoms with van der Waals surface area (Å²) in [6.07, 6.45) is -3.49. The van der Waals surface area contributed by atoms with Crippen LogP contribution in [0, 0.1) is 5.82 Å². The molecule has 2 rings (SSSR count). The van der Waals surface area contributed by atoms with Crippen molar-refractivity contribution in [1.82, 2.24) is 5.32 Å². The minimum atomic E-state index is -4.50. The molecule has 0 amide bonds. The summed E-state index contributed by atoms with van der Waals surface area (Å²) in [4.78, 5) is 0. The highest BCUT2D eigenvalue weighted by molar-refractivity contribution is 7.99. The number of thioether (sulfide) groups is 1. The van der Waals surface area contributed by atoms with Crippen LogP contribution in [0.5, 0.6) is 0 Å². The van der Waals surface area contributed by atoms with Crippen molar-refractivity contribution in [2.24, 2.45) is 0 Å². The van der Waals surface area contributed by atoms with Crippen LogP contribution >= 0.6 is 11.8 Å². The molecule has 1 aliphatic rings. The highest BCUT2D eigenvalue weighted by atomic mass is 32.2. The fourth-order valence-electron chi connectivity index (χ4n) is 1.87. The summed E-state index contributed by atoms with van der Waals surface area (Å²) in [6, 6.07) is 2.98. The lowest BCUT2D eigenvalue weighted by Crippen LogP contribution is -2.28. The van der Waals surface area contributed by atoms with Crippen LogP contribution in [-0.4, -0.2) is 17.5 Å². The molecule has 0 aliphatic carbocycles. The van der Waals surface area contributed by atoms with E-state index in [9.17, 15) is 17.6 Å². The number of rotatable bonds is 3. The molecule has 0 radical (unpaired) electrons. The first-order valence-corrected chi connectivity index (χ1v) is 6.78. The fraction of sp³-hybridized carbons (Fsp3) is 0.500. The number of benzene rings is 1. The van der Waals surface area contributed by atoms with E-state index in [4.69, 9.17) is 0 Å². The van der Waals surface area contributed by atoms with Crippen LogP contribution in [0.3, 0.4) is 0 Å². The van der Waals surface area contributed by atoms with Gasteiger partial charge in [0.2, 0.25) is 0 Å². The molecule has 1 saturated heterocycles. The fourth-order valence-corrected chi connectivity index (χ4v) is 3.06. The van der Waals surface area contributed by atoms with Crippen LogP contribution in [0.25, 0.3) is 0 Å². The van der Waals surface area contributed by atoms with Crippen LogP contribution < -0.4 is 5.32 Å². The van der Waals surface area contributed by atoms with Crippen molar-refractivity contribution in [3.05, 3.63) is 35.1 Å². The van der Waals surface area contributed by atoms with Gasteiger partial charge >= 0.3 is 6.18 Å². The molecule has 6 heteroatoms. The largest absolute Gasteiger partial charge is 0.416 e. The number of alkyl halides is 3. The first-order valence-electron chi connectivity index (χ1n) is 5.63. The predicted molar refractivity (Wildman–Crippen MR) is 64.0 cm³/mol. The van der Waals surface area contributed by atoms with Crippen LogP contribution in [-0.2, 0) is 12.7 Å². The Balaban J connectivity index is 2.05. The van der Waals surface area contributed by atoms with Gasteiger partial charge in [0.15, 0.2) is 0 Å². The van der Waals surface area contributed by atoms with Crippen molar-refractivity contribution in [2.45, 2.75) is 25.2 Å². The normalized spacial score (nSPS) is 20.3. The Morgan fingerprint density at radius 2 is 2.06 bits per heavy atom. The van der Waals surface area contributed by atoms with Gasteiger partial charge in [0.1, 0.15) is 5.82 Å². The Labute approximate surface area is 107 Å². The average molecular weight is 279 g/mol. The van der Waals surface area contributed by atoms with Gasteiger partial charge in [-0.3, -0.25) is 0 Å². The number of hydrogen-bond acceptors (Lipinski definition) is 2. The van der Waals surface area contributed by atoms with E-state index in [1.807, 2.05) is 11.8 Å². The van der Waals surface area contributed by atoms with Gasteiger partial charge in [0.05, 0.1) is 5.56 Å². The van der Waals surface area contributed by atoms with E-state index in [1.54, 1.807) is 0 Å². The zero-order valence-electron chi connectivity index (χ0n) is 9.56. The summed E-state index contributed by atoms with van der Waals surface area (Å²) >= 11 is 1.81. The van der Waals surface area contributed by atoms with Crippen LogP contribution in [0.15, 0.2) is 18.2 Å². The number of halogens is 4. The van der Waals surface area contributed by atoms with E-state index in [0.717, 1.165) is 30.1 Å². The van der Waals surface area contributed by atoms with Crippen LogP contribution in [0.2, 0.25) is 0 Å². The maximum absolute atomic E-state index is 13.1. The molecule has 0 saturated carbocycles. The molecule has 0 spiro atoms. The van der Waals surface area contributed by atoms with Gasteiger partial charge in [0.25, 0.3) is 0 Å². The van der Waals surface area contributed by atoms with Crippen molar-refractivity contribution >= 4 is 11.8 Å². The minimum absolute atomic E-state index is 0.270. The molecule has 18 heavy (non-hydrogen) atoms. The summed E-state index contributed by atoms with van der Waals surface area (Å²) in [5.41, 5.74) is -0.598. The van der Waals surface area contributed by atoms with E-state index in [1.165, 1.54) is 0 Å². The lowest BCUT2D eigenvalue weighted by atomic mass is 10.1. The van der Waals surface area contributed by atoms with E-state index >= 15 is 0 Å². The standard InChI is InChI=1S/C12H13F4NS/c13-10-4-8(3-9(5-10)12(14,15)16)6-17-11-1-2-18-7-11/h3-5,11,17H,1-2,6-7H2.